The van der Waals surface area contributed by atoms with Gasteiger partial charge >= 0.3 is 5.97 Å². The Kier molecular flexibility index (Phi) is 6.11. The summed E-state index contributed by atoms with van der Waals surface area (Å²) in [4.78, 5) is 30.2. The molecule has 160 valence electrons. The standard InChI is InChI=1S/C24H24N2O5/c1-30-18-12-13-19-21(14-18)26(29)22(23(27)16-8-4-2-5-9-16)20(25-19)15-31-24(28)17-10-6-3-7-11-17/h2,4-5,8-9,12-14,17H,3,6-7,10-11,15H2,1H3. The van der Waals surface area contributed by atoms with Gasteiger partial charge in [-0.15, -0.1) is 0 Å². The van der Waals surface area contributed by atoms with Crippen molar-refractivity contribution >= 4 is 22.8 Å². The molecule has 1 aliphatic carbocycles. The molecule has 1 heterocycles. The predicted octanol–water partition coefficient (Wildman–Crippen LogP) is 3.73. The van der Waals surface area contributed by atoms with E-state index in [9.17, 15) is 14.8 Å². The van der Waals surface area contributed by atoms with Crippen molar-refractivity contribution in [2.45, 2.75) is 38.7 Å². The molecule has 1 saturated carbocycles. The third kappa shape index (κ3) is 4.35. The van der Waals surface area contributed by atoms with Gasteiger partial charge in [0.2, 0.25) is 5.52 Å². The van der Waals surface area contributed by atoms with Crippen molar-refractivity contribution in [3.63, 3.8) is 0 Å². The Hall–Kier alpha value is -3.48. The van der Waals surface area contributed by atoms with Crippen LogP contribution in [0.3, 0.4) is 0 Å². The van der Waals surface area contributed by atoms with Gasteiger partial charge < -0.3 is 14.7 Å². The molecule has 0 unspecified atom stereocenters. The molecular formula is C24H24N2O5. The normalized spacial score (nSPS) is 14.4. The van der Waals surface area contributed by atoms with E-state index in [4.69, 9.17) is 9.47 Å². The van der Waals surface area contributed by atoms with Gasteiger partial charge in [-0.3, -0.25) is 9.59 Å². The fourth-order valence-corrected chi connectivity index (χ4v) is 3.97. The summed E-state index contributed by atoms with van der Waals surface area (Å²) in [6.45, 7) is -0.229. The summed E-state index contributed by atoms with van der Waals surface area (Å²) in [6.07, 6.45) is 4.76. The van der Waals surface area contributed by atoms with Crippen molar-refractivity contribution in [3.05, 3.63) is 70.7 Å². The van der Waals surface area contributed by atoms with Crippen LogP contribution >= 0.6 is 0 Å². The van der Waals surface area contributed by atoms with E-state index < -0.39 is 5.78 Å². The summed E-state index contributed by atoms with van der Waals surface area (Å²) in [5.41, 5.74) is 0.954. The number of ether oxygens (including phenoxy) is 2. The summed E-state index contributed by atoms with van der Waals surface area (Å²) in [6, 6.07) is 13.4. The minimum absolute atomic E-state index is 0.133. The number of ketones is 1. The zero-order valence-electron chi connectivity index (χ0n) is 17.4. The van der Waals surface area contributed by atoms with Crippen LogP contribution in [0.1, 0.15) is 53.8 Å². The Morgan fingerprint density at radius 2 is 1.84 bits per heavy atom. The Morgan fingerprint density at radius 1 is 1.10 bits per heavy atom. The first kappa shape index (κ1) is 20.8. The van der Waals surface area contributed by atoms with Gasteiger partial charge in [-0.1, -0.05) is 49.6 Å². The number of rotatable bonds is 6. The Morgan fingerprint density at radius 3 is 2.55 bits per heavy atom. The third-order valence-corrected chi connectivity index (χ3v) is 5.67. The van der Waals surface area contributed by atoms with Crippen molar-refractivity contribution in [3.8, 4) is 5.75 Å². The van der Waals surface area contributed by atoms with Crippen molar-refractivity contribution in [1.82, 2.24) is 4.98 Å². The lowest BCUT2D eigenvalue weighted by molar-refractivity contribution is -0.580. The molecule has 1 fully saturated rings. The number of esters is 1. The topological polar surface area (TPSA) is 92.4 Å². The Bertz CT molecular complexity index is 1110. The van der Waals surface area contributed by atoms with Crippen molar-refractivity contribution in [1.29, 1.82) is 0 Å². The summed E-state index contributed by atoms with van der Waals surface area (Å²) in [5.74, 6) is -0.428. The number of hydrogen-bond donors (Lipinski definition) is 0. The second-order valence-electron chi connectivity index (χ2n) is 7.69. The molecule has 31 heavy (non-hydrogen) atoms. The summed E-state index contributed by atoms with van der Waals surface area (Å²) in [5, 5.41) is 13.2. The highest BCUT2D eigenvalue weighted by Gasteiger charge is 2.29. The van der Waals surface area contributed by atoms with E-state index in [1.54, 1.807) is 42.5 Å². The number of fused-ring (bicyclic) bond motifs is 1. The fourth-order valence-electron chi connectivity index (χ4n) is 3.97. The van der Waals surface area contributed by atoms with Gasteiger partial charge in [0.05, 0.1) is 19.1 Å². The lowest BCUT2D eigenvalue weighted by Gasteiger charge is -2.20. The van der Waals surface area contributed by atoms with Gasteiger partial charge in [-0.05, 0) is 25.0 Å². The van der Waals surface area contributed by atoms with Gasteiger partial charge in [0.1, 0.15) is 17.9 Å². The maximum Gasteiger partial charge on any atom is 0.309 e. The monoisotopic (exact) mass is 420 g/mol. The van der Waals surface area contributed by atoms with Crippen LogP contribution in [0.4, 0.5) is 0 Å². The second-order valence-corrected chi connectivity index (χ2v) is 7.69. The van der Waals surface area contributed by atoms with Crippen molar-refractivity contribution in [2.24, 2.45) is 5.92 Å². The number of carbonyl (C=O) groups excluding carboxylic acids is 2. The van der Waals surface area contributed by atoms with E-state index in [-0.39, 0.29) is 35.4 Å². The summed E-state index contributed by atoms with van der Waals surface area (Å²) < 4.78 is 11.3. The van der Waals surface area contributed by atoms with Crippen LogP contribution in [-0.4, -0.2) is 23.8 Å². The number of benzene rings is 2. The first-order valence-corrected chi connectivity index (χ1v) is 10.4. The van der Waals surface area contributed by atoms with Gasteiger partial charge in [0, 0.05) is 5.56 Å². The van der Waals surface area contributed by atoms with E-state index in [0.29, 0.717) is 21.6 Å². The number of carbonyl (C=O) groups is 2. The molecule has 0 atom stereocenters. The molecule has 2 aromatic carbocycles. The fraction of sp³-hybridized carbons (Fsp3) is 0.333. The Labute approximate surface area is 180 Å². The van der Waals surface area contributed by atoms with E-state index >= 15 is 0 Å². The minimum Gasteiger partial charge on any atom is -0.618 e. The van der Waals surface area contributed by atoms with Crippen LogP contribution in [0.25, 0.3) is 11.0 Å². The highest BCUT2D eigenvalue weighted by Crippen LogP contribution is 2.25. The third-order valence-electron chi connectivity index (χ3n) is 5.67. The van der Waals surface area contributed by atoms with Crippen LogP contribution in [0.15, 0.2) is 48.5 Å². The quantitative estimate of drug-likeness (QED) is 0.261. The van der Waals surface area contributed by atoms with E-state index in [1.807, 2.05) is 0 Å². The van der Waals surface area contributed by atoms with Gasteiger partial charge in [0.15, 0.2) is 5.69 Å². The summed E-state index contributed by atoms with van der Waals surface area (Å²) >= 11 is 0. The Balaban J connectivity index is 1.73. The molecule has 0 bridgehead atoms. The number of aromatic nitrogens is 2. The summed E-state index contributed by atoms with van der Waals surface area (Å²) in [7, 11) is 1.50. The molecule has 0 N–H and O–H groups in total. The molecular weight excluding hydrogens is 396 g/mol. The van der Waals surface area contributed by atoms with Crippen molar-refractivity contribution < 1.29 is 23.8 Å². The second kappa shape index (κ2) is 9.12. The van der Waals surface area contributed by atoms with Gasteiger partial charge in [-0.25, -0.2) is 4.98 Å². The zero-order chi connectivity index (χ0) is 21.8. The lowest BCUT2D eigenvalue weighted by atomic mass is 9.89. The molecule has 0 saturated heterocycles. The molecule has 0 amide bonds. The van der Waals surface area contributed by atoms with E-state index in [0.717, 1.165) is 32.1 Å². The first-order valence-electron chi connectivity index (χ1n) is 10.4. The lowest BCUT2D eigenvalue weighted by Crippen LogP contribution is -2.38. The van der Waals surface area contributed by atoms with Crippen LogP contribution in [-0.2, 0) is 16.1 Å². The smallest absolute Gasteiger partial charge is 0.309 e. The molecule has 0 spiro atoms. The van der Waals surface area contributed by atoms with E-state index in [1.165, 1.54) is 13.2 Å². The van der Waals surface area contributed by atoms with Crippen LogP contribution in [0.5, 0.6) is 5.75 Å². The average Bonchev–Trinajstić information content (AvgIpc) is 2.83. The molecule has 3 aromatic rings. The van der Waals surface area contributed by atoms with Gasteiger partial charge in [-0.2, -0.15) is 4.73 Å². The zero-order valence-corrected chi connectivity index (χ0v) is 17.4. The molecule has 1 aliphatic rings. The maximum absolute atomic E-state index is 13.2. The minimum atomic E-state index is -0.475. The highest BCUT2D eigenvalue weighted by atomic mass is 16.5. The molecule has 0 radical (unpaired) electrons. The first-order chi connectivity index (χ1) is 15.1. The molecule has 7 nitrogen and oxygen atoms in total. The van der Waals surface area contributed by atoms with Crippen LogP contribution in [0, 0.1) is 11.1 Å². The number of hydrogen-bond acceptors (Lipinski definition) is 6. The molecule has 0 aliphatic heterocycles. The number of nitrogens with zero attached hydrogens (tertiary/aromatic N) is 2. The van der Waals surface area contributed by atoms with Crippen LogP contribution in [0.2, 0.25) is 0 Å². The van der Waals surface area contributed by atoms with Crippen molar-refractivity contribution in [2.75, 3.05) is 7.11 Å². The predicted molar refractivity (Wildman–Crippen MR) is 114 cm³/mol. The molecule has 1 aromatic heterocycles. The highest BCUT2D eigenvalue weighted by molar-refractivity contribution is 6.07. The largest absolute Gasteiger partial charge is 0.618 e. The number of methoxy groups -OCH3 is 1. The van der Waals surface area contributed by atoms with E-state index in [2.05, 4.69) is 4.98 Å². The molecule has 7 heteroatoms. The average molecular weight is 420 g/mol. The van der Waals surface area contributed by atoms with Gasteiger partial charge in [0.25, 0.3) is 11.5 Å². The molecule has 4 rings (SSSR count). The SMILES string of the molecule is COc1ccc2nc(COC(=O)C3CCCCC3)c(C(=O)c3ccccc3)[n+]([O-])c2c1. The maximum atomic E-state index is 13.2. The van der Waals surface area contributed by atoms with Crippen LogP contribution < -0.4 is 9.47 Å².